The second-order valence-corrected chi connectivity index (χ2v) is 7.33. The number of carbonyl (C=O) groups is 2. The summed E-state index contributed by atoms with van der Waals surface area (Å²) in [7, 11) is 0. The maximum atomic E-state index is 12.8. The van der Waals surface area contributed by atoms with Gasteiger partial charge in [-0.25, -0.2) is 0 Å². The number of rotatable bonds is 9. The number of benzene rings is 2. The average Bonchev–Trinajstić information content (AvgIpc) is 3.27. The maximum absolute atomic E-state index is 12.8. The van der Waals surface area contributed by atoms with Gasteiger partial charge in [0.05, 0.1) is 0 Å². The van der Waals surface area contributed by atoms with Crippen molar-refractivity contribution in [2.75, 3.05) is 13.1 Å². The van der Waals surface area contributed by atoms with E-state index in [-0.39, 0.29) is 18.2 Å². The van der Waals surface area contributed by atoms with Crippen LogP contribution in [0, 0.1) is 0 Å². The summed E-state index contributed by atoms with van der Waals surface area (Å²) in [6.07, 6.45) is 1.10. The highest BCUT2D eigenvalue weighted by molar-refractivity contribution is 7.08. The van der Waals surface area contributed by atoms with Gasteiger partial charge in [-0.1, -0.05) is 60.7 Å². The minimum Gasteiger partial charge on any atom is -0.351 e. The van der Waals surface area contributed by atoms with Crippen molar-refractivity contribution >= 4 is 23.2 Å². The van der Waals surface area contributed by atoms with Crippen LogP contribution >= 0.6 is 11.3 Å². The molecule has 0 fully saturated rings. The molecule has 2 aromatic carbocycles. The molecule has 5 heteroatoms. The standard InChI is InChI=1S/C23H24N2O2S/c26-22(11-14-24-23(27)21-13-16-28-18-21)25(17-20-9-5-2-6-10-20)15-12-19-7-3-1-4-8-19/h1-10,13,16,18H,11-12,14-15,17H2,(H,24,27). The normalized spacial score (nSPS) is 10.4. The minimum atomic E-state index is -0.132. The molecule has 0 atom stereocenters. The Bertz CT molecular complexity index is 864. The van der Waals surface area contributed by atoms with Gasteiger partial charge in [0.25, 0.3) is 5.91 Å². The van der Waals surface area contributed by atoms with Gasteiger partial charge in [-0.15, -0.1) is 0 Å². The highest BCUT2D eigenvalue weighted by Crippen LogP contribution is 2.09. The van der Waals surface area contributed by atoms with Crippen LogP contribution in [0.4, 0.5) is 0 Å². The van der Waals surface area contributed by atoms with E-state index in [0.29, 0.717) is 25.2 Å². The van der Waals surface area contributed by atoms with Gasteiger partial charge in [-0.2, -0.15) is 11.3 Å². The molecular weight excluding hydrogens is 368 g/mol. The van der Waals surface area contributed by atoms with E-state index >= 15 is 0 Å². The zero-order chi connectivity index (χ0) is 19.6. The summed E-state index contributed by atoms with van der Waals surface area (Å²) in [6.45, 7) is 1.56. The van der Waals surface area contributed by atoms with Crippen LogP contribution in [-0.4, -0.2) is 29.8 Å². The van der Waals surface area contributed by atoms with Crippen LogP contribution in [0.15, 0.2) is 77.5 Å². The SMILES string of the molecule is O=C(NCCC(=O)N(CCc1ccccc1)Cc1ccccc1)c1ccsc1. The molecule has 1 heterocycles. The number of carbonyl (C=O) groups excluding carboxylic acids is 2. The quantitative estimate of drug-likeness (QED) is 0.595. The topological polar surface area (TPSA) is 49.4 Å². The minimum absolute atomic E-state index is 0.0467. The molecule has 28 heavy (non-hydrogen) atoms. The lowest BCUT2D eigenvalue weighted by Crippen LogP contribution is -2.35. The molecule has 2 amide bonds. The van der Waals surface area contributed by atoms with Crippen LogP contribution in [0.2, 0.25) is 0 Å². The molecular formula is C23H24N2O2S. The molecule has 0 unspecified atom stereocenters. The number of nitrogens with one attached hydrogen (secondary N) is 1. The Kier molecular flexibility index (Phi) is 7.38. The van der Waals surface area contributed by atoms with Gasteiger partial charge in [-0.3, -0.25) is 9.59 Å². The highest BCUT2D eigenvalue weighted by Gasteiger charge is 2.15. The number of amides is 2. The van der Waals surface area contributed by atoms with Crippen molar-refractivity contribution in [2.24, 2.45) is 0 Å². The third-order valence-corrected chi connectivity index (χ3v) is 5.17. The average molecular weight is 393 g/mol. The molecule has 1 aromatic heterocycles. The molecule has 0 bridgehead atoms. The summed E-state index contributed by atoms with van der Waals surface area (Å²) in [5.41, 5.74) is 2.95. The monoisotopic (exact) mass is 392 g/mol. The molecule has 0 saturated carbocycles. The Labute approximate surface area is 169 Å². The van der Waals surface area contributed by atoms with E-state index in [1.807, 2.05) is 58.8 Å². The fraction of sp³-hybridized carbons (Fsp3) is 0.217. The smallest absolute Gasteiger partial charge is 0.252 e. The first-order chi connectivity index (χ1) is 13.7. The molecule has 0 radical (unpaired) electrons. The second kappa shape index (κ2) is 10.4. The van der Waals surface area contributed by atoms with Crippen LogP contribution in [0.3, 0.4) is 0 Å². The van der Waals surface area contributed by atoms with Crippen LogP contribution in [0.5, 0.6) is 0 Å². The van der Waals surface area contributed by atoms with E-state index in [0.717, 1.165) is 12.0 Å². The van der Waals surface area contributed by atoms with E-state index in [1.165, 1.54) is 16.9 Å². The van der Waals surface area contributed by atoms with Crippen LogP contribution < -0.4 is 5.32 Å². The van der Waals surface area contributed by atoms with E-state index in [1.54, 1.807) is 11.4 Å². The lowest BCUT2D eigenvalue weighted by atomic mass is 10.1. The van der Waals surface area contributed by atoms with Gasteiger partial charge in [0.15, 0.2) is 0 Å². The van der Waals surface area contributed by atoms with Crippen molar-refractivity contribution in [3.8, 4) is 0 Å². The van der Waals surface area contributed by atoms with E-state index in [9.17, 15) is 9.59 Å². The zero-order valence-corrected chi connectivity index (χ0v) is 16.5. The summed E-state index contributed by atoms with van der Waals surface area (Å²) >= 11 is 1.48. The fourth-order valence-electron chi connectivity index (χ4n) is 2.94. The number of nitrogens with zero attached hydrogens (tertiary/aromatic N) is 1. The lowest BCUT2D eigenvalue weighted by molar-refractivity contribution is -0.131. The third kappa shape index (κ3) is 6.06. The molecule has 1 N–H and O–H groups in total. The molecule has 0 saturated heterocycles. The molecule has 3 rings (SSSR count). The van der Waals surface area contributed by atoms with Gasteiger partial charge in [-0.05, 0) is 29.0 Å². The summed E-state index contributed by atoms with van der Waals surface area (Å²) < 4.78 is 0. The van der Waals surface area contributed by atoms with Gasteiger partial charge in [0, 0.05) is 37.0 Å². The predicted molar refractivity (Wildman–Crippen MR) is 113 cm³/mol. The predicted octanol–water partition coefficient (Wildman–Crippen LogP) is 4.14. The van der Waals surface area contributed by atoms with Gasteiger partial charge in [0.2, 0.25) is 5.91 Å². The van der Waals surface area contributed by atoms with Gasteiger partial charge < -0.3 is 10.2 Å². The summed E-state index contributed by atoms with van der Waals surface area (Å²) in [4.78, 5) is 26.7. The molecule has 4 nitrogen and oxygen atoms in total. The Morgan fingerprint density at radius 2 is 1.57 bits per heavy atom. The summed E-state index contributed by atoms with van der Waals surface area (Å²) in [5.74, 6) is -0.0849. The molecule has 0 aliphatic carbocycles. The van der Waals surface area contributed by atoms with Crippen molar-refractivity contribution < 1.29 is 9.59 Å². The van der Waals surface area contributed by atoms with Crippen molar-refractivity contribution in [2.45, 2.75) is 19.4 Å². The van der Waals surface area contributed by atoms with Gasteiger partial charge >= 0.3 is 0 Å². The Morgan fingerprint density at radius 1 is 0.893 bits per heavy atom. The number of hydrogen-bond donors (Lipinski definition) is 1. The first-order valence-electron chi connectivity index (χ1n) is 9.38. The van der Waals surface area contributed by atoms with Crippen molar-refractivity contribution in [3.63, 3.8) is 0 Å². The molecule has 144 valence electrons. The first kappa shape index (κ1) is 19.8. The number of thiophene rings is 1. The zero-order valence-electron chi connectivity index (χ0n) is 15.7. The van der Waals surface area contributed by atoms with Crippen LogP contribution in [0.1, 0.15) is 27.9 Å². The Hall–Kier alpha value is -2.92. The van der Waals surface area contributed by atoms with E-state index < -0.39 is 0 Å². The summed E-state index contributed by atoms with van der Waals surface area (Å²) in [5, 5.41) is 6.50. The largest absolute Gasteiger partial charge is 0.351 e. The molecule has 0 aliphatic rings. The van der Waals surface area contributed by atoms with Crippen molar-refractivity contribution in [3.05, 3.63) is 94.2 Å². The van der Waals surface area contributed by atoms with E-state index in [2.05, 4.69) is 17.4 Å². The highest BCUT2D eigenvalue weighted by atomic mass is 32.1. The van der Waals surface area contributed by atoms with Gasteiger partial charge in [0.1, 0.15) is 0 Å². The van der Waals surface area contributed by atoms with E-state index in [4.69, 9.17) is 0 Å². The fourth-order valence-corrected chi connectivity index (χ4v) is 3.58. The van der Waals surface area contributed by atoms with Crippen molar-refractivity contribution in [1.29, 1.82) is 0 Å². The van der Waals surface area contributed by atoms with Crippen molar-refractivity contribution in [1.82, 2.24) is 10.2 Å². The van der Waals surface area contributed by atoms with Crippen LogP contribution in [-0.2, 0) is 17.8 Å². The molecule has 3 aromatic rings. The Morgan fingerprint density at radius 3 is 2.21 bits per heavy atom. The summed E-state index contributed by atoms with van der Waals surface area (Å²) in [6, 6.07) is 21.9. The second-order valence-electron chi connectivity index (χ2n) is 6.55. The first-order valence-corrected chi connectivity index (χ1v) is 10.3. The number of hydrogen-bond acceptors (Lipinski definition) is 3. The maximum Gasteiger partial charge on any atom is 0.252 e. The third-order valence-electron chi connectivity index (χ3n) is 4.49. The molecule has 0 spiro atoms. The Balaban J connectivity index is 1.56. The lowest BCUT2D eigenvalue weighted by Gasteiger charge is -2.23. The van der Waals surface area contributed by atoms with Crippen LogP contribution in [0.25, 0.3) is 0 Å². The molecule has 0 aliphatic heterocycles.